The van der Waals surface area contributed by atoms with E-state index in [1.807, 2.05) is 13.2 Å². The molecule has 1 amide bonds. The molecule has 0 radical (unpaired) electrons. The highest BCUT2D eigenvalue weighted by molar-refractivity contribution is 5.98. The van der Waals surface area contributed by atoms with E-state index < -0.39 is 0 Å². The van der Waals surface area contributed by atoms with Crippen molar-refractivity contribution in [2.45, 2.75) is 39.0 Å². The number of piperazine rings is 1. The van der Waals surface area contributed by atoms with Crippen LogP contribution in [-0.4, -0.2) is 59.3 Å². The molecule has 142 valence electrons. The second-order valence-corrected chi connectivity index (χ2v) is 6.93. The first-order valence-corrected chi connectivity index (χ1v) is 9.67. The number of carbonyl (C=O) groups excluding carboxylic acids is 1. The predicted molar refractivity (Wildman–Crippen MR) is 104 cm³/mol. The van der Waals surface area contributed by atoms with Gasteiger partial charge in [-0.2, -0.15) is 5.10 Å². The fraction of sp³-hybridized carbons (Fsp3) is 0.632. The number of nitrogens with one attached hydrogen (secondary N) is 1. The van der Waals surface area contributed by atoms with Crippen LogP contribution in [0.25, 0.3) is 0 Å². The molecule has 1 aliphatic heterocycles. The van der Waals surface area contributed by atoms with Crippen molar-refractivity contribution in [2.24, 2.45) is 12.0 Å². The summed E-state index contributed by atoms with van der Waals surface area (Å²) in [5.41, 5.74) is 2.40. The molecule has 7 heteroatoms. The average molecular weight is 358 g/mol. The fourth-order valence-corrected chi connectivity index (χ4v) is 3.54. The number of anilines is 1. The molecule has 0 unspecified atom stereocenters. The van der Waals surface area contributed by atoms with Crippen LogP contribution < -0.4 is 10.2 Å². The standard InChI is InChI=1S/C19H30N6O/c1-3-20-19(21-10-9-16-7-5-4-6-8-16)24-11-12-25(18(26)15-24)17-13-22-23(2)14-17/h7,13-14H,3-6,8-12,15H2,1-2H3,(H,20,21). The molecule has 1 aliphatic carbocycles. The lowest BCUT2D eigenvalue weighted by molar-refractivity contribution is -0.120. The largest absolute Gasteiger partial charge is 0.357 e. The van der Waals surface area contributed by atoms with E-state index in [0.717, 1.165) is 37.7 Å². The Morgan fingerprint density at radius 3 is 2.88 bits per heavy atom. The molecule has 3 rings (SSSR count). The van der Waals surface area contributed by atoms with E-state index >= 15 is 0 Å². The van der Waals surface area contributed by atoms with Crippen molar-refractivity contribution in [3.05, 3.63) is 24.0 Å². The number of amides is 1. The summed E-state index contributed by atoms with van der Waals surface area (Å²) in [6, 6.07) is 0. The number of hydrogen-bond donors (Lipinski definition) is 1. The number of carbonyl (C=O) groups is 1. The molecule has 0 saturated carbocycles. The van der Waals surface area contributed by atoms with Gasteiger partial charge in [-0.3, -0.25) is 14.5 Å². The van der Waals surface area contributed by atoms with Gasteiger partial charge in [0.25, 0.3) is 0 Å². The summed E-state index contributed by atoms with van der Waals surface area (Å²) in [5.74, 6) is 0.938. The van der Waals surface area contributed by atoms with E-state index in [1.54, 1.807) is 15.8 Å². The molecule has 1 aromatic heterocycles. The number of nitrogens with zero attached hydrogens (tertiary/aromatic N) is 5. The van der Waals surface area contributed by atoms with Gasteiger partial charge in [-0.15, -0.1) is 0 Å². The number of aryl methyl sites for hydroxylation is 1. The lowest BCUT2D eigenvalue weighted by Gasteiger charge is -2.35. The molecule has 7 nitrogen and oxygen atoms in total. The van der Waals surface area contributed by atoms with Gasteiger partial charge in [0.05, 0.1) is 11.9 Å². The second-order valence-electron chi connectivity index (χ2n) is 6.93. The molecule has 26 heavy (non-hydrogen) atoms. The maximum atomic E-state index is 12.6. The summed E-state index contributed by atoms with van der Waals surface area (Å²) in [6.07, 6.45) is 12.1. The van der Waals surface area contributed by atoms with Gasteiger partial charge in [0.1, 0.15) is 6.54 Å². The second kappa shape index (κ2) is 8.87. The van der Waals surface area contributed by atoms with Crippen LogP contribution >= 0.6 is 0 Å². The highest BCUT2D eigenvalue weighted by atomic mass is 16.2. The molecular weight excluding hydrogens is 328 g/mol. The average Bonchev–Trinajstić information content (AvgIpc) is 3.08. The van der Waals surface area contributed by atoms with Crippen molar-refractivity contribution in [1.29, 1.82) is 0 Å². The summed E-state index contributed by atoms with van der Waals surface area (Å²) in [6.45, 7) is 5.43. The maximum Gasteiger partial charge on any atom is 0.246 e. The first kappa shape index (κ1) is 18.5. The monoisotopic (exact) mass is 358 g/mol. The van der Waals surface area contributed by atoms with Gasteiger partial charge < -0.3 is 15.1 Å². The minimum absolute atomic E-state index is 0.0878. The van der Waals surface area contributed by atoms with Crippen LogP contribution in [0.4, 0.5) is 5.69 Å². The number of guanidine groups is 1. The molecule has 2 aliphatic rings. The highest BCUT2D eigenvalue weighted by Gasteiger charge is 2.27. The Morgan fingerprint density at radius 1 is 1.35 bits per heavy atom. The van der Waals surface area contributed by atoms with E-state index in [4.69, 9.17) is 4.99 Å². The minimum atomic E-state index is 0.0878. The van der Waals surface area contributed by atoms with Crippen LogP contribution in [0.2, 0.25) is 0 Å². The molecule has 1 aromatic rings. The van der Waals surface area contributed by atoms with Gasteiger partial charge in [0, 0.05) is 39.4 Å². The van der Waals surface area contributed by atoms with E-state index in [-0.39, 0.29) is 5.91 Å². The Balaban J connectivity index is 1.58. The third kappa shape index (κ3) is 4.65. The van der Waals surface area contributed by atoms with Crippen LogP contribution in [0.5, 0.6) is 0 Å². The molecule has 0 bridgehead atoms. The number of rotatable bonds is 5. The Bertz CT molecular complexity index is 677. The summed E-state index contributed by atoms with van der Waals surface area (Å²) in [4.78, 5) is 21.2. The van der Waals surface area contributed by atoms with Crippen molar-refractivity contribution < 1.29 is 4.79 Å². The third-order valence-corrected chi connectivity index (χ3v) is 4.94. The number of aliphatic imine (C=N–C) groups is 1. The molecule has 0 atom stereocenters. The summed E-state index contributed by atoms with van der Waals surface area (Å²) in [5, 5.41) is 7.50. The summed E-state index contributed by atoms with van der Waals surface area (Å²) >= 11 is 0. The number of allylic oxidation sites excluding steroid dienone is 1. The molecule has 2 heterocycles. The fourth-order valence-electron chi connectivity index (χ4n) is 3.54. The van der Waals surface area contributed by atoms with Gasteiger partial charge in [-0.05, 0) is 39.0 Å². The predicted octanol–water partition coefficient (Wildman–Crippen LogP) is 1.92. The van der Waals surface area contributed by atoms with Crippen LogP contribution in [0.1, 0.15) is 39.0 Å². The van der Waals surface area contributed by atoms with Crippen LogP contribution in [-0.2, 0) is 11.8 Å². The van der Waals surface area contributed by atoms with Gasteiger partial charge in [0.15, 0.2) is 5.96 Å². The zero-order valence-corrected chi connectivity index (χ0v) is 15.9. The highest BCUT2D eigenvalue weighted by Crippen LogP contribution is 2.20. The first-order chi connectivity index (χ1) is 12.7. The van der Waals surface area contributed by atoms with E-state index in [0.29, 0.717) is 13.1 Å². The SMILES string of the molecule is CCNC(=NCCC1=CCCCC1)N1CCN(c2cnn(C)c2)C(=O)C1. The Morgan fingerprint density at radius 2 is 2.23 bits per heavy atom. The third-order valence-electron chi connectivity index (χ3n) is 4.94. The smallest absolute Gasteiger partial charge is 0.246 e. The van der Waals surface area contributed by atoms with E-state index in [9.17, 15) is 4.79 Å². The zero-order valence-electron chi connectivity index (χ0n) is 15.9. The Labute approximate surface area is 155 Å². The van der Waals surface area contributed by atoms with Crippen LogP contribution in [0.15, 0.2) is 29.0 Å². The van der Waals surface area contributed by atoms with Crippen molar-refractivity contribution in [3.8, 4) is 0 Å². The minimum Gasteiger partial charge on any atom is -0.357 e. The molecule has 1 saturated heterocycles. The van der Waals surface area contributed by atoms with E-state index in [2.05, 4.69) is 28.3 Å². The molecule has 1 N–H and O–H groups in total. The topological polar surface area (TPSA) is 65.8 Å². The summed E-state index contributed by atoms with van der Waals surface area (Å²) < 4.78 is 1.72. The van der Waals surface area contributed by atoms with Crippen molar-refractivity contribution in [2.75, 3.05) is 37.6 Å². The maximum absolute atomic E-state index is 12.6. The number of hydrogen-bond acceptors (Lipinski definition) is 3. The van der Waals surface area contributed by atoms with Crippen LogP contribution in [0, 0.1) is 0 Å². The van der Waals surface area contributed by atoms with Gasteiger partial charge in [-0.1, -0.05) is 11.6 Å². The van der Waals surface area contributed by atoms with Crippen molar-refractivity contribution in [3.63, 3.8) is 0 Å². The lowest BCUT2D eigenvalue weighted by Crippen LogP contribution is -2.55. The van der Waals surface area contributed by atoms with Gasteiger partial charge in [0.2, 0.25) is 5.91 Å². The quantitative estimate of drug-likeness (QED) is 0.496. The van der Waals surface area contributed by atoms with Crippen molar-refractivity contribution >= 4 is 17.6 Å². The normalized spacial score (nSPS) is 18.9. The molecule has 1 fully saturated rings. The van der Waals surface area contributed by atoms with Gasteiger partial charge in [-0.25, -0.2) is 0 Å². The lowest BCUT2D eigenvalue weighted by atomic mass is 9.97. The first-order valence-electron chi connectivity index (χ1n) is 9.67. The van der Waals surface area contributed by atoms with Gasteiger partial charge >= 0.3 is 0 Å². The van der Waals surface area contributed by atoms with E-state index in [1.165, 1.54) is 31.3 Å². The Kier molecular flexibility index (Phi) is 6.30. The number of aromatic nitrogens is 2. The molecule has 0 aromatic carbocycles. The molecular formula is C19H30N6O. The van der Waals surface area contributed by atoms with Crippen molar-refractivity contribution in [1.82, 2.24) is 20.0 Å². The molecule has 0 spiro atoms. The summed E-state index contributed by atoms with van der Waals surface area (Å²) in [7, 11) is 1.86. The van der Waals surface area contributed by atoms with Crippen LogP contribution in [0.3, 0.4) is 0 Å². The zero-order chi connectivity index (χ0) is 18.4. The Hall–Kier alpha value is -2.31.